The van der Waals surface area contributed by atoms with Crippen LogP contribution in [0.4, 0.5) is 0 Å². The highest BCUT2D eigenvalue weighted by Gasteiger charge is 2.23. The summed E-state index contributed by atoms with van der Waals surface area (Å²) < 4.78 is 6.98. The molecule has 2 aromatic rings. The Morgan fingerprint density at radius 1 is 1.00 bits per heavy atom. The molecule has 1 aliphatic carbocycles. The van der Waals surface area contributed by atoms with Crippen molar-refractivity contribution < 1.29 is 4.74 Å². The van der Waals surface area contributed by atoms with Crippen LogP contribution in [0.15, 0.2) is 48.5 Å². The largest absolute Gasteiger partial charge is 0.490 e. The first-order valence-corrected chi connectivity index (χ1v) is 7.82. The number of halogens is 1. The standard InChI is InChI=1S/C16H17IN2O/c17-13-5-1-11(2-6-13)16(19-18)12-3-7-14(8-4-12)20-15-9-10-15/h1-8,15-16,19H,9-10,18H2. The Hall–Kier alpha value is -1.11. The van der Waals surface area contributed by atoms with Gasteiger partial charge in [-0.2, -0.15) is 0 Å². The molecule has 1 unspecified atom stereocenters. The van der Waals surface area contributed by atoms with Gasteiger partial charge < -0.3 is 4.74 Å². The summed E-state index contributed by atoms with van der Waals surface area (Å²) in [6.45, 7) is 0. The minimum atomic E-state index is 0.00183. The van der Waals surface area contributed by atoms with Crippen molar-refractivity contribution in [2.75, 3.05) is 0 Å². The van der Waals surface area contributed by atoms with E-state index in [-0.39, 0.29) is 6.04 Å². The number of nitrogens with two attached hydrogens (primary N) is 1. The molecule has 0 aliphatic heterocycles. The van der Waals surface area contributed by atoms with Gasteiger partial charge in [0.15, 0.2) is 0 Å². The molecule has 1 atom stereocenters. The van der Waals surface area contributed by atoms with Crippen LogP contribution in [0.3, 0.4) is 0 Å². The van der Waals surface area contributed by atoms with Crippen LogP contribution in [0.2, 0.25) is 0 Å². The Bertz CT molecular complexity index is 564. The number of benzene rings is 2. The van der Waals surface area contributed by atoms with Gasteiger partial charge in [0.1, 0.15) is 5.75 Å². The summed E-state index contributed by atoms with van der Waals surface area (Å²) in [5, 5.41) is 0. The Morgan fingerprint density at radius 2 is 1.55 bits per heavy atom. The van der Waals surface area contributed by atoms with Crippen LogP contribution in [0, 0.1) is 3.57 Å². The van der Waals surface area contributed by atoms with E-state index in [0.29, 0.717) is 6.10 Å². The van der Waals surface area contributed by atoms with Gasteiger partial charge in [-0.3, -0.25) is 5.84 Å². The maximum absolute atomic E-state index is 5.76. The zero-order valence-corrected chi connectivity index (χ0v) is 13.2. The van der Waals surface area contributed by atoms with Crippen molar-refractivity contribution in [3.63, 3.8) is 0 Å². The first-order valence-electron chi connectivity index (χ1n) is 6.74. The van der Waals surface area contributed by atoms with Gasteiger partial charge in [-0.25, -0.2) is 5.43 Å². The second-order valence-electron chi connectivity index (χ2n) is 5.04. The average molecular weight is 380 g/mol. The van der Waals surface area contributed by atoms with Crippen molar-refractivity contribution in [3.8, 4) is 5.75 Å². The molecule has 2 aromatic carbocycles. The predicted molar refractivity (Wildman–Crippen MR) is 88.4 cm³/mol. The smallest absolute Gasteiger partial charge is 0.119 e. The highest BCUT2D eigenvalue weighted by atomic mass is 127. The Balaban J connectivity index is 1.79. The van der Waals surface area contributed by atoms with E-state index in [2.05, 4.69) is 64.4 Å². The molecule has 3 N–H and O–H groups in total. The maximum atomic E-state index is 5.76. The molecule has 3 rings (SSSR count). The molecule has 0 amide bonds. The van der Waals surface area contributed by atoms with E-state index in [4.69, 9.17) is 10.6 Å². The van der Waals surface area contributed by atoms with Gasteiger partial charge in [0.05, 0.1) is 12.1 Å². The van der Waals surface area contributed by atoms with Gasteiger partial charge >= 0.3 is 0 Å². The molecule has 104 valence electrons. The van der Waals surface area contributed by atoms with E-state index >= 15 is 0 Å². The summed E-state index contributed by atoms with van der Waals surface area (Å²) in [4.78, 5) is 0. The first-order chi connectivity index (χ1) is 9.76. The molecule has 1 fully saturated rings. The number of nitrogens with one attached hydrogen (secondary N) is 1. The zero-order valence-electron chi connectivity index (χ0n) is 11.1. The lowest BCUT2D eigenvalue weighted by Crippen LogP contribution is -2.28. The van der Waals surface area contributed by atoms with Crippen LogP contribution in [0.5, 0.6) is 5.75 Å². The monoisotopic (exact) mass is 380 g/mol. The molecule has 0 radical (unpaired) electrons. The fourth-order valence-electron chi connectivity index (χ4n) is 2.16. The van der Waals surface area contributed by atoms with Crippen molar-refractivity contribution in [3.05, 3.63) is 63.2 Å². The van der Waals surface area contributed by atoms with E-state index < -0.39 is 0 Å². The molecule has 4 heteroatoms. The lowest BCUT2D eigenvalue weighted by Gasteiger charge is -2.17. The number of hydrogen-bond donors (Lipinski definition) is 2. The zero-order chi connectivity index (χ0) is 13.9. The molecule has 0 saturated heterocycles. The second-order valence-corrected chi connectivity index (χ2v) is 6.28. The van der Waals surface area contributed by atoms with Crippen LogP contribution in [0.25, 0.3) is 0 Å². The predicted octanol–water partition coefficient (Wildman–Crippen LogP) is 3.39. The summed E-state index contributed by atoms with van der Waals surface area (Å²) in [7, 11) is 0. The van der Waals surface area contributed by atoms with E-state index in [9.17, 15) is 0 Å². The minimum absolute atomic E-state index is 0.00183. The van der Waals surface area contributed by atoms with Crippen LogP contribution >= 0.6 is 22.6 Å². The third-order valence-corrected chi connectivity index (χ3v) is 4.13. The molecule has 0 heterocycles. The highest BCUT2D eigenvalue weighted by Crippen LogP contribution is 2.28. The third-order valence-electron chi connectivity index (χ3n) is 3.41. The minimum Gasteiger partial charge on any atom is -0.490 e. The van der Waals surface area contributed by atoms with Crippen LogP contribution in [-0.4, -0.2) is 6.10 Å². The summed E-state index contributed by atoms with van der Waals surface area (Å²) in [5.41, 5.74) is 5.18. The number of ether oxygens (including phenoxy) is 1. The molecular weight excluding hydrogens is 363 g/mol. The molecule has 3 nitrogen and oxygen atoms in total. The van der Waals surface area contributed by atoms with Crippen LogP contribution in [-0.2, 0) is 0 Å². The van der Waals surface area contributed by atoms with E-state index in [0.717, 1.165) is 16.9 Å². The van der Waals surface area contributed by atoms with E-state index in [1.165, 1.54) is 16.4 Å². The van der Waals surface area contributed by atoms with Gasteiger partial charge in [-0.05, 0) is 70.8 Å². The normalized spacial score (nSPS) is 15.9. The Kier molecular flexibility index (Phi) is 4.24. The molecular formula is C16H17IN2O. The van der Waals surface area contributed by atoms with E-state index in [1.54, 1.807) is 0 Å². The molecule has 1 saturated carbocycles. The van der Waals surface area contributed by atoms with Crippen molar-refractivity contribution in [2.24, 2.45) is 5.84 Å². The molecule has 0 spiro atoms. The quantitative estimate of drug-likeness (QED) is 0.475. The van der Waals surface area contributed by atoms with Crippen LogP contribution < -0.4 is 16.0 Å². The Labute approximate surface area is 132 Å². The maximum Gasteiger partial charge on any atom is 0.119 e. The summed E-state index contributed by atoms with van der Waals surface area (Å²) >= 11 is 2.30. The van der Waals surface area contributed by atoms with Gasteiger partial charge in [0.2, 0.25) is 0 Å². The van der Waals surface area contributed by atoms with Gasteiger partial charge in [-0.1, -0.05) is 24.3 Å². The fourth-order valence-corrected chi connectivity index (χ4v) is 2.52. The van der Waals surface area contributed by atoms with Crippen molar-refractivity contribution in [1.82, 2.24) is 5.43 Å². The Morgan fingerprint density at radius 3 is 2.05 bits per heavy atom. The summed E-state index contributed by atoms with van der Waals surface area (Å²) in [6, 6.07) is 16.6. The third kappa shape index (κ3) is 3.31. The molecule has 0 aromatic heterocycles. The van der Waals surface area contributed by atoms with Crippen molar-refractivity contribution in [1.29, 1.82) is 0 Å². The van der Waals surface area contributed by atoms with Crippen LogP contribution in [0.1, 0.15) is 30.0 Å². The van der Waals surface area contributed by atoms with E-state index in [1.807, 2.05) is 12.1 Å². The summed E-state index contributed by atoms with van der Waals surface area (Å²) in [5.74, 6) is 6.66. The highest BCUT2D eigenvalue weighted by molar-refractivity contribution is 14.1. The van der Waals surface area contributed by atoms with Gasteiger partial charge in [0.25, 0.3) is 0 Å². The molecule has 0 bridgehead atoms. The first kappa shape index (κ1) is 13.9. The average Bonchev–Trinajstić information content (AvgIpc) is 3.27. The number of hydrogen-bond acceptors (Lipinski definition) is 3. The van der Waals surface area contributed by atoms with Gasteiger partial charge in [0, 0.05) is 3.57 Å². The topological polar surface area (TPSA) is 47.3 Å². The molecule has 20 heavy (non-hydrogen) atoms. The SMILES string of the molecule is NNC(c1ccc(I)cc1)c1ccc(OC2CC2)cc1. The number of hydrazine groups is 1. The summed E-state index contributed by atoms with van der Waals surface area (Å²) in [6.07, 6.45) is 2.79. The van der Waals surface area contributed by atoms with Crippen molar-refractivity contribution in [2.45, 2.75) is 25.0 Å². The second kappa shape index (κ2) is 6.11. The van der Waals surface area contributed by atoms with Crippen molar-refractivity contribution >= 4 is 22.6 Å². The lowest BCUT2D eigenvalue weighted by atomic mass is 9.99. The van der Waals surface area contributed by atoms with Gasteiger partial charge in [-0.15, -0.1) is 0 Å². The molecule has 1 aliphatic rings. The fraction of sp³-hybridized carbons (Fsp3) is 0.250. The lowest BCUT2D eigenvalue weighted by molar-refractivity contribution is 0.303. The number of rotatable bonds is 5.